The molecule has 100 valence electrons. The van der Waals surface area contributed by atoms with Crippen LogP contribution in [0.1, 0.15) is 18.9 Å². The number of hydrogen-bond acceptors (Lipinski definition) is 3. The van der Waals surface area contributed by atoms with Crippen molar-refractivity contribution in [3.05, 3.63) is 56.0 Å². The number of benzene rings is 1. The van der Waals surface area contributed by atoms with Gasteiger partial charge in [-0.05, 0) is 46.7 Å². The molecule has 0 fully saturated rings. The van der Waals surface area contributed by atoms with Gasteiger partial charge >= 0.3 is 0 Å². The fraction of sp³-hybridized carbons (Fsp3) is 0.286. The lowest BCUT2D eigenvalue weighted by molar-refractivity contribution is 0.639. The first-order chi connectivity index (χ1) is 9.19. The molecular weight excluding hydrogens is 353 g/mol. The Hall–Kier alpha value is -1.37. The summed E-state index contributed by atoms with van der Waals surface area (Å²) in [5.74, 6) is 0. The zero-order valence-electron chi connectivity index (χ0n) is 10.8. The molecule has 0 saturated carbocycles. The van der Waals surface area contributed by atoms with Crippen LogP contribution in [0.15, 0.2) is 41.3 Å². The van der Waals surface area contributed by atoms with Gasteiger partial charge in [0.2, 0.25) is 0 Å². The van der Waals surface area contributed by atoms with E-state index in [0.29, 0.717) is 6.54 Å². The Labute approximate surface area is 126 Å². The quantitative estimate of drug-likeness (QED) is 0.825. The summed E-state index contributed by atoms with van der Waals surface area (Å²) in [4.78, 5) is 11.9. The lowest BCUT2D eigenvalue weighted by Crippen LogP contribution is -2.23. The van der Waals surface area contributed by atoms with Gasteiger partial charge in [0.05, 0.1) is 18.4 Å². The van der Waals surface area contributed by atoms with Crippen LogP contribution < -0.4 is 10.9 Å². The molecule has 1 aromatic heterocycles. The predicted octanol–water partition coefficient (Wildman–Crippen LogP) is 2.72. The summed E-state index contributed by atoms with van der Waals surface area (Å²) < 4.78 is 2.65. The van der Waals surface area contributed by atoms with Crippen molar-refractivity contribution in [2.45, 2.75) is 19.9 Å². The number of aromatic nitrogens is 2. The molecule has 0 amide bonds. The molecule has 0 radical (unpaired) electrons. The van der Waals surface area contributed by atoms with E-state index in [0.717, 1.165) is 24.2 Å². The molecule has 0 atom stereocenters. The molecule has 1 aromatic carbocycles. The number of anilines is 1. The largest absolute Gasteiger partial charge is 0.384 e. The van der Waals surface area contributed by atoms with Gasteiger partial charge in [0.1, 0.15) is 0 Å². The molecule has 4 nitrogen and oxygen atoms in total. The Morgan fingerprint density at radius 1 is 1.32 bits per heavy atom. The van der Waals surface area contributed by atoms with Crippen molar-refractivity contribution >= 4 is 28.3 Å². The summed E-state index contributed by atoms with van der Waals surface area (Å²) in [6.07, 6.45) is 2.72. The molecule has 0 aliphatic heterocycles. The highest BCUT2D eigenvalue weighted by atomic mass is 127. The van der Waals surface area contributed by atoms with Crippen LogP contribution in [0.4, 0.5) is 5.69 Å². The average molecular weight is 369 g/mol. The van der Waals surface area contributed by atoms with E-state index in [9.17, 15) is 4.79 Å². The van der Waals surface area contributed by atoms with Gasteiger partial charge < -0.3 is 5.32 Å². The fourth-order valence-corrected chi connectivity index (χ4v) is 2.04. The van der Waals surface area contributed by atoms with Gasteiger partial charge in [-0.1, -0.05) is 19.1 Å². The van der Waals surface area contributed by atoms with Gasteiger partial charge in [0.25, 0.3) is 5.56 Å². The van der Waals surface area contributed by atoms with E-state index in [1.54, 1.807) is 12.3 Å². The summed E-state index contributed by atoms with van der Waals surface area (Å²) >= 11 is 2.26. The molecule has 0 bridgehead atoms. The predicted molar refractivity (Wildman–Crippen MR) is 85.5 cm³/mol. The van der Waals surface area contributed by atoms with E-state index in [2.05, 4.69) is 39.9 Å². The second kappa shape index (κ2) is 6.70. The van der Waals surface area contributed by atoms with Crippen LogP contribution in [-0.4, -0.2) is 16.3 Å². The normalized spacial score (nSPS) is 10.4. The first-order valence-corrected chi connectivity index (χ1v) is 7.32. The van der Waals surface area contributed by atoms with Crippen molar-refractivity contribution < 1.29 is 0 Å². The first-order valence-electron chi connectivity index (χ1n) is 6.24. The van der Waals surface area contributed by atoms with Crippen LogP contribution in [0.5, 0.6) is 0 Å². The molecule has 0 aliphatic rings. The molecule has 2 rings (SSSR count). The van der Waals surface area contributed by atoms with Crippen LogP contribution >= 0.6 is 22.6 Å². The highest BCUT2D eigenvalue weighted by molar-refractivity contribution is 14.1. The summed E-state index contributed by atoms with van der Waals surface area (Å²) in [5, 5.41) is 7.35. The Bertz CT molecular complexity index is 592. The molecule has 19 heavy (non-hydrogen) atoms. The Balaban J connectivity index is 2.13. The Kier molecular flexibility index (Phi) is 4.95. The SMILES string of the molecule is CCCNc1cnn(Cc2ccc(I)cc2)c(=O)c1. The maximum Gasteiger partial charge on any atom is 0.269 e. The van der Waals surface area contributed by atoms with Crippen molar-refractivity contribution in [3.63, 3.8) is 0 Å². The maximum atomic E-state index is 11.9. The number of halogens is 1. The Morgan fingerprint density at radius 2 is 2.05 bits per heavy atom. The lowest BCUT2D eigenvalue weighted by Gasteiger charge is -2.07. The van der Waals surface area contributed by atoms with Crippen molar-refractivity contribution in [1.82, 2.24) is 9.78 Å². The smallest absolute Gasteiger partial charge is 0.269 e. The third kappa shape index (κ3) is 4.05. The highest BCUT2D eigenvalue weighted by Gasteiger charge is 2.01. The molecule has 0 aliphatic carbocycles. The third-order valence-corrected chi connectivity index (χ3v) is 3.41. The minimum absolute atomic E-state index is 0.0837. The summed E-state index contributed by atoms with van der Waals surface area (Å²) in [6.45, 7) is 3.44. The minimum Gasteiger partial charge on any atom is -0.384 e. The third-order valence-electron chi connectivity index (χ3n) is 2.69. The zero-order chi connectivity index (χ0) is 13.7. The molecule has 0 unspecified atom stereocenters. The van der Waals surface area contributed by atoms with Crippen LogP contribution in [0.25, 0.3) is 0 Å². The number of nitrogens with zero attached hydrogens (tertiary/aromatic N) is 2. The van der Waals surface area contributed by atoms with Crippen LogP contribution in [0, 0.1) is 3.57 Å². The summed E-state index contributed by atoms with van der Waals surface area (Å²) in [6, 6.07) is 9.67. The van der Waals surface area contributed by atoms with Crippen LogP contribution in [0.2, 0.25) is 0 Å². The van der Waals surface area contributed by atoms with E-state index < -0.39 is 0 Å². The van der Waals surface area contributed by atoms with E-state index in [1.807, 2.05) is 24.3 Å². The average Bonchev–Trinajstić information content (AvgIpc) is 2.41. The fourth-order valence-electron chi connectivity index (χ4n) is 1.68. The maximum absolute atomic E-state index is 11.9. The minimum atomic E-state index is -0.0837. The molecule has 1 heterocycles. The highest BCUT2D eigenvalue weighted by Crippen LogP contribution is 2.07. The summed E-state index contributed by atoms with van der Waals surface area (Å²) in [7, 11) is 0. The van der Waals surface area contributed by atoms with Crippen LogP contribution in [0.3, 0.4) is 0 Å². The second-order valence-corrected chi connectivity index (χ2v) is 5.54. The van der Waals surface area contributed by atoms with E-state index in [-0.39, 0.29) is 5.56 Å². The van der Waals surface area contributed by atoms with E-state index in [4.69, 9.17) is 0 Å². The monoisotopic (exact) mass is 369 g/mol. The number of hydrogen-bond donors (Lipinski definition) is 1. The van der Waals surface area contributed by atoms with E-state index >= 15 is 0 Å². The molecule has 2 aromatic rings. The van der Waals surface area contributed by atoms with Crippen molar-refractivity contribution in [1.29, 1.82) is 0 Å². The van der Waals surface area contributed by atoms with Gasteiger partial charge in [0.15, 0.2) is 0 Å². The second-order valence-electron chi connectivity index (χ2n) is 4.29. The topological polar surface area (TPSA) is 46.9 Å². The number of nitrogens with one attached hydrogen (secondary N) is 1. The molecule has 1 N–H and O–H groups in total. The van der Waals surface area contributed by atoms with Gasteiger partial charge in [-0.15, -0.1) is 0 Å². The summed E-state index contributed by atoms with van der Waals surface area (Å²) in [5.41, 5.74) is 1.77. The lowest BCUT2D eigenvalue weighted by atomic mass is 10.2. The van der Waals surface area contributed by atoms with Gasteiger partial charge in [0, 0.05) is 16.2 Å². The van der Waals surface area contributed by atoms with E-state index in [1.165, 1.54) is 8.25 Å². The molecule has 0 saturated heterocycles. The number of rotatable bonds is 5. The molecule has 0 spiro atoms. The van der Waals surface area contributed by atoms with Gasteiger partial charge in [-0.3, -0.25) is 4.79 Å². The first kappa shape index (κ1) is 14.0. The standard InChI is InChI=1S/C14H16IN3O/c1-2-7-16-13-8-14(19)18(17-9-13)10-11-3-5-12(15)6-4-11/h3-6,8-9,16H,2,7,10H2,1H3. The van der Waals surface area contributed by atoms with Gasteiger partial charge in [-0.25, -0.2) is 4.68 Å². The van der Waals surface area contributed by atoms with Crippen molar-refractivity contribution in [3.8, 4) is 0 Å². The zero-order valence-corrected chi connectivity index (χ0v) is 12.9. The Morgan fingerprint density at radius 3 is 2.68 bits per heavy atom. The van der Waals surface area contributed by atoms with Crippen molar-refractivity contribution in [2.24, 2.45) is 0 Å². The van der Waals surface area contributed by atoms with Crippen molar-refractivity contribution in [2.75, 3.05) is 11.9 Å². The molecule has 5 heteroatoms. The van der Waals surface area contributed by atoms with Crippen LogP contribution in [-0.2, 0) is 6.54 Å². The van der Waals surface area contributed by atoms with Gasteiger partial charge in [-0.2, -0.15) is 5.10 Å². The molecular formula is C14H16IN3O.